The summed E-state index contributed by atoms with van der Waals surface area (Å²) in [7, 11) is 0. The van der Waals surface area contributed by atoms with Crippen molar-refractivity contribution in [1.29, 1.82) is 0 Å². The molecule has 0 spiro atoms. The van der Waals surface area contributed by atoms with Crippen molar-refractivity contribution < 1.29 is 0 Å². The fraction of sp³-hybridized carbons (Fsp3) is 0.294. The molecular weight excluding hydrogens is 450 g/mol. The lowest BCUT2D eigenvalue weighted by molar-refractivity contribution is 0.507. The van der Waals surface area contributed by atoms with Crippen LogP contribution < -0.4 is 9.80 Å². The van der Waals surface area contributed by atoms with Crippen molar-refractivity contribution in [2.45, 2.75) is 40.2 Å². The third-order valence-corrected chi connectivity index (χ3v) is 8.14. The fourth-order valence-electron chi connectivity index (χ4n) is 6.00. The molecule has 0 aliphatic rings. The molecule has 0 saturated carbocycles. The van der Waals surface area contributed by atoms with Gasteiger partial charge in [-0.2, -0.15) is 0 Å². The molecule has 190 valence electrons. The Labute approximate surface area is 221 Å². The molecule has 0 N–H and O–H groups in total. The number of benzene rings is 4. The zero-order valence-electron chi connectivity index (χ0n) is 22.9. The van der Waals surface area contributed by atoms with E-state index in [0.29, 0.717) is 0 Å². The Balaban J connectivity index is 1.77. The molecule has 0 aliphatic heterocycles. The standard InChI is InChI=1S/C34H39N3/c1-6-35(7-2)28-22-18-26(19-23-28)34(5,27-20-24-29(25-21-27)36(8-3)9-4)37-32-16-12-10-14-30(32)31-15-11-13-17-33(31)37/h10-25H,6-9H2,1-5H3. The summed E-state index contributed by atoms with van der Waals surface area (Å²) < 4.78 is 2.55. The van der Waals surface area contributed by atoms with Gasteiger partial charge in [0.2, 0.25) is 0 Å². The van der Waals surface area contributed by atoms with E-state index in [1.165, 1.54) is 44.3 Å². The second-order valence-corrected chi connectivity index (χ2v) is 9.88. The van der Waals surface area contributed by atoms with Gasteiger partial charge < -0.3 is 14.4 Å². The highest BCUT2D eigenvalue weighted by Crippen LogP contribution is 2.42. The summed E-state index contributed by atoms with van der Waals surface area (Å²) in [4.78, 5) is 4.81. The van der Waals surface area contributed by atoms with Crippen LogP contribution in [-0.2, 0) is 5.54 Å². The molecule has 5 rings (SSSR count). The Hall–Kier alpha value is -3.72. The first-order valence-corrected chi connectivity index (χ1v) is 13.8. The number of hydrogen-bond donors (Lipinski definition) is 0. The van der Waals surface area contributed by atoms with Crippen LogP contribution >= 0.6 is 0 Å². The van der Waals surface area contributed by atoms with E-state index in [4.69, 9.17) is 0 Å². The summed E-state index contributed by atoms with van der Waals surface area (Å²) in [6.07, 6.45) is 0. The number of anilines is 2. The van der Waals surface area contributed by atoms with Crippen LogP contribution in [0.15, 0.2) is 97.1 Å². The largest absolute Gasteiger partial charge is 0.372 e. The molecule has 1 aromatic heterocycles. The van der Waals surface area contributed by atoms with E-state index in [1.54, 1.807) is 0 Å². The lowest BCUT2D eigenvalue weighted by atomic mass is 9.83. The Kier molecular flexibility index (Phi) is 6.97. The van der Waals surface area contributed by atoms with E-state index in [2.05, 4.69) is 146 Å². The number of aromatic nitrogens is 1. The fourth-order valence-corrected chi connectivity index (χ4v) is 6.00. The minimum atomic E-state index is -0.397. The van der Waals surface area contributed by atoms with Gasteiger partial charge in [-0.25, -0.2) is 0 Å². The van der Waals surface area contributed by atoms with Crippen LogP contribution in [0.1, 0.15) is 45.7 Å². The number of rotatable bonds is 9. The summed E-state index contributed by atoms with van der Waals surface area (Å²) >= 11 is 0. The maximum absolute atomic E-state index is 2.55. The van der Waals surface area contributed by atoms with Gasteiger partial charge in [0.25, 0.3) is 0 Å². The molecular formula is C34H39N3. The Bertz CT molecular complexity index is 1360. The summed E-state index contributed by atoms with van der Waals surface area (Å²) in [5, 5.41) is 2.59. The second kappa shape index (κ2) is 10.3. The van der Waals surface area contributed by atoms with Gasteiger partial charge in [0, 0.05) is 48.3 Å². The minimum absolute atomic E-state index is 0.397. The highest BCUT2D eigenvalue weighted by Gasteiger charge is 2.34. The van der Waals surface area contributed by atoms with Gasteiger partial charge in [-0.15, -0.1) is 0 Å². The Morgan fingerprint density at radius 1 is 0.514 bits per heavy atom. The first-order chi connectivity index (χ1) is 18.1. The predicted molar refractivity (Wildman–Crippen MR) is 161 cm³/mol. The topological polar surface area (TPSA) is 11.4 Å². The van der Waals surface area contributed by atoms with Crippen LogP contribution in [-0.4, -0.2) is 30.7 Å². The Morgan fingerprint density at radius 2 is 0.865 bits per heavy atom. The van der Waals surface area contributed by atoms with E-state index in [1.807, 2.05) is 0 Å². The number of fused-ring (bicyclic) bond motifs is 3. The first kappa shape index (κ1) is 25.0. The number of para-hydroxylation sites is 2. The third-order valence-electron chi connectivity index (χ3n) is 8.14. The normalized spacial score (nSPS) is 11.8. The lowest BCUT2D eigenvalue weighted by Crippen LogP contribution is -2.33. The van der Waals surface area contributed by atoms with E-state index in [-0.39, 0.29) is 0 Å². The van der Waals surface area contributed by atoms with Crippen LogP contribution in [0.4, 0.5) is 11.4 Å². The van der Waals surface area contributed by atoms with Gasteiger partial charge in [-0.1, -0.05) is 60.7 Å². The highest BCUT2D eigenvalue weighted by atomic mass is 15.1. The zero-order valence-corrected chi connectivity index (χ0v) is 22.9. The van der Waals surface area contributed by atoms with Crippen LogP contribution in [0.25, 0.3) is 21.8 Å². The average Bonchev–Trinajstić information content (AvgIpc) is 3.30. The van der Waals surface area contributed by atoms with Gasteiger partial charge in [0.05, 0.1) is 16.6 Å². The molecule has 37 heavy (non-hydrogen) atoms. The van der Waals surface area contributed by atoms with Crippen LogP contribution in [0.3, 0.4) is 0 Å². The monoisotopic (exact) mass is 489 g/mol. The molecule has 5 aromatic rings. The molecule has 4 aromatic carbocycles. The van der Waals surface area contributed by atoms with Crippen LogP contribution in [0, 0.1) is 0 Å². The van der Waals surface area contributed by atoms with Crippen molar-refractivity contribution in [1.82, 2.24) is 4.57 Å². The van der Waals surface area contributed by atoms with Crippen LogP contribution in [0.2, 0.25) is 0 Å². The second-order valence-electron chi connectivity index (χ2n) is 9.88. The quantitative estimate of drug-likeness (QED) is 0.206. The van der Waals surface area contributed by atoms with E-state index in [0.717, 1.165) is 26.2 Å². The molecule has 0 radical (unpaired) electrons. The molecule has 0 saturated heterocycles. The van der Waals surface area contributed by atoms with Crippen LogP contribution in [0.5, 0.6) is 0 Å². The van der Waals surface area contributed by atoms with Crippen molar-refractivity contribution in [2.24, 2.45) is 0 Å². The first-order valence-electron chi connectivity index (χ1n) is 13.8. The number of hydrogen-bond acceptors (Lipinski definition) is 2. The Morgan fingerprint density at radius 3 is 1.22 bits per heavy atom. The van der Waals surface area contributed by atoms with Crippen molar-refractivity contribution in [3.63, 3.8) is 0 Å². The highest BCUT2D eigenvalue weighted by molar-refractivity contribution is 6.08. The van der Waals surface area contributed by atoms with E-state index < -0.39 is 5.54 Å². The minimum Gasteiger partial charge on any atom is -0.372 e. The predicted octanol–water partition coefficient (Wildman–Crippen LogP) is 8.30. The molecule has 0 amide bonds. The van der Waals surface area contributed by atoms with Crippen molar-refractivity contribution in [3.8, 4) is 0 Å². The smallest absolute Gasteiger partial charge is 0.0927 e. The van der Waals surface area contributed by atoms with Crippen molar-refractivity contribution in [3.05, 3.63) is 108 Å². The number of nitrogens with zero attached hydrogens (tertiary/aromatic N) is 3. The van der Waals surface area contributed by atoms with Gasteiger partial charge in [-0.05, 0) is 82.1 Å². The summed E-state index contributed by atoms with van der Waals surface area (Å²) in [6.45, 7) is 15.3. The zero-order chi connectivity index (χ0) is 26.0. The maximum atomic E-state index is 2.55. The van der Waals surface area contributed by atoms with Gasteiger partial charge >= 0.3 is 0 Å². The van der Waals surface area contributed by atoms with Gasteiger partial charge in [0.15, 0.2) is 0 Å². The molecule has 1 heterocycles. The summed E-state index contributed by atoms with van der Waals surface area (Å²) in [5.41, 5.74) is 7.23. The maximum Gasteiger partial charge on any atom is 0.0927 e. The molecule has 3 nitrogen and oxygen atoms in total. The molecule has 3 heteroatoms. The summed E-state index contributed by atoms with van der Waals surface area (Å²) in [5.74, 6) is 0. The average molecular weight is 490 g/mol. The molecule has 0 unspecified atom stereocenters. The molecule has 0 fully saturated rings. The van der Waals surface area contributed by atoms with E-state index >= 15 is 0 Å². The molecule has 0 bridgehead atoms. The SMILES string of the molecule is CCN(CC)c1ccc(C(C)(c2ccc(N(CC)CC)cc2)n2c3ccccc3c3ccccc32)cc1. The lowest BCUT2D eigenvalue weighted by Gasteiger charge is -2.36. The van der Waals surface area contributed by atoms with Gasteiger partial charge in [-0.3, -0.25) is 0 Å². The van der Waals surface area contributed by atoms with Crippen molar-refractivity contribution >= 4 is 33.2 Å². The third kappa shape index (κ3) is 4.17. The van der Waals surface area contributed by atoms with Crippen molar-refractivity contribution in [2.75, 3.05) is 36.0 Å². The molecule has 0 aliphatic carbocycles. The van der Waals surface area contributed by atoms with Gasteiger partial charge in [0.1, 0.15) is 0 Å². The summed E-state index contributed by atoms with van der Waals surface area (Å²) in [6, 6.07) is 36.1. The van der Waals surface area contributed by atoms with E-state index in [9.17, 15) is 0 Å². The molecule has 0 atom stereocenters.